The number of hydrogen-bond acceptors (Lipinski definition) is 3. The van der Waals surface area contributed by atoms with E-state index in [2.05, 4.69) is 5.32 Å². The highest BCUT2D eigenvalue weighted by molar-refractivity contribution is 7.98. The number of rotatable bonds is 7. The number of nitrogens with one attached hydrogen (secondary N) is 1. The summed E-state index contributed by atoms with van der Waals surface area (Å²) in [7, 11) is 1.49. The van der Waals surface area contributed by atoms with E-state index in [4.69, 9.17) is 27.9 Å². The van der Waals surface area contributed by atoms with Gasteiger partial charge in [-0.05, 0) is 30.3 Å². The molecular weight excluding hydrogens is 372 g/mol. The molecule has 0 aliphatic carbocycles. The summed E-state index contributed by atoms with van der Waals surface area (Å²) in [6, 6.07) is 9.48. The van der Waals surface area contributed by atoms with Crippen molar-refractivity contribution in [1.29, 1.82) is 0 Å². The van der Waals surface area contributed by atoms with Gasteiger partial charge in [-0.25, -0.2) is 4.39 Å². The maximum absolute atomic E-state index is 13.6. The molecule has 0 atom stereocenters. The van der Waals surface area contributed by atoms with Crippen LogP contribution in [0.5, 0.6) is 5.75 Å². The van der Waals surface area contributed by atoms with E-state index in [1.807, 2.05) is 0 Å². The van der Waals surface area contributed by atoms with Crippen LogP contribution in [-0.2, 0) is 5.75 Å². The first-order valence-electron chi connectivity index (χ1n) is 7.15. The molecule has 0 bridgehead atoms. The van der Waals surface area contributed by atoms with Crippen LogP contribution in [0.25, 0.3) is 0 Å². The Morgan fingerprint density at radius 2 is 2.08 bits per heavy atom. The zero-order valence-electron chi connectivity index (χ0n) is 12.9. The molecule has 0 spiro atoms. The predicted molar refractivity (Wildman–Crippen MR) is 97.9 cm³/mol. The Labute approximate surface area is 154 Å². The Morgan fingerprint density at radius 1 is 1.29 bits per heavy atom. The van der Waals surface area contributed by atoms with Crippen molar-refractivity contribution in [1.82, 2.24) is 5.32 Å². The third-order valence-electron chi connectivity index (χ3n) is 3.25. The number of ether oxygens (including phenoxy) is 1. The molecule has 0 radical (unpaired) electrons. The standard InChI is InChI=1S/C17H16Cl2FNO2S/c1-23-16-6-5-11(18)9-12(16)17(22)21-7-8-24-10-13-14(19)3-2-4-15(13)20/h2-6,9H,7-8,10H2,1H3,(H,21,22). The quantitative estimate of drug-likeness (QED) is 0.693. The normalized spacial score (nSPS) is 10.5. The lowest BCUT2D eigenvalue weighted by molar-refractivity contribution is 0.0953. The van der Waals surface area contributed by atoms with Gasteiger partial charge in [0, 0.05) is 33.7 Å². The summed E-state index contributed by atoms with van der Waals surface area (Å²) in [5.74, 6) is 0.950. The summed E-state index contributed by atoms with van der Waals surface area (Å²) in [6.07, 6.45) is 0. The molecule has 2 aromatic rings. The first kappa shape index (κ1) is 18.9. The summed E-state index contributed by atoms with van der Waals surface area (Å²) in [6.45, 7) is 0.436. The summed E-state index contributed by atoms with van der Waals surface area (Å²) >= 11 is 13.4. The van der Waals surface area contributed by atoms with Crippen LogP contribution in [-0.4, -0.2) is 25.3 Å². The number of thioether (sulfide) groups is 1. The van der Waals surface area contributed by atoms with Gasteiger partial charge in [0.05, 0.1) is 12.7 Å². The van der Waals surface area contributed by atoms with E-state index < -0.39 is 0 Å². The van der Waals surface area contributed by atoms with E-state index in [-0.39, 0.29) is 11.7 Å². The fraction of sp³-hybridized carbons (Fsp3) is 0.235. The van der Waals surface area contributed by atoms with Gasteiger partial charge < -0.3 is 10.1 Å². The highest BCUT2D eigenvalue weighted by Gasteiger charge is 2.12. The second-order valence-corrected chi connectivity index (χ2v) is 6.80. The molecule has 0 aromatic heterocycles. The van der Waals surface area contributed by atoms with Gasteiger partial charge in [0.2, 0.25) is 0 Å². The third-order valence-corrected chi connectivity index (χ3v) is 4.82. The fourth-order valence-corrected chi connectivity index (χ4v) is 3.40. The molecule has 0 aliphatic heterocycles. The van der Waals surface area contributed by atoms with Crippen LogP contribution in [0.4, 0.5) is 4.39 Å². The first-order valence-corrected chi connectivity index (χ1v) is 9.06. The van der Waals surface area contributed by atoms with E-state index in [1.54, 1.807) is 30.3 Å². The van der Waals surface area contributed by atoms with Crippen molar-refractivity contribution in [3.8, 4) is 5.75 Å². The average molecular weight is 388 g/mol. The fourth-order valence-electron chi connectivity index (χ4n) is 2.03. The van der Waals surface area contributed by atoms with Gasteiger partial charge in [-0.1, -0.05) is 29.3 Å². The second kappa shape index (κ2) is 9.16. The molecule has 0 saturated carbocycles. The molecule has 0 fully saturated rings. The highest BCUT2D eigenvalue weighted by Crippen LogP contribution is 2.24. The van der Waals surface area contributed by atoms with E-state index in [9.17, 15) is 9.18 Å². The topological polar surface area (TPSA) is 38.3 Å². The number of benzene rings is 2. The maximum atomic E-state index is 13.6. The first-order chi connectivity index (χ1) is 11.5. The molecular formula is C17H16Cl2FNO2S. The van der Waals surface area contributed by atoms with Gasteiger partial charge in [0.15, 0.2) is 0 Å². The molecule has 7 heteroatoms. The second-order valence-electron chi connectivity index (χ2n) is 4.85. The molecule has 3 nitrogen and oxygen atoms in total. The van der Waals surface area contributed by atoms with Gasteiger partial charge in [-0.15, -0.1) is 0 Å². The largest absolute Gasteiger partial charge is 0.496 e. The average Bonchev–Trinajstić information content (AvgIpc) is 2.56. The lowest BCUT2D eigenvalue weighted by Gasteiger charge is -2.10. The summed E-state index contributed by atoms with van der Waals surface area (Å²) < 4.78 is 18.8. The summed E-state index contributed by atoms with van der Waals surface area (Å²) in [5.41, 5.74) is 0.860. The van der Waals surface area contributed by atoms with Crippen LogP contribution in [0.15, 0.2) is 36.4 Å². The molecule has 2 aromatic carbocycles. The molecule has 128 valence electrons. The monoisotopic (exact) mass is 387 g/mol. The zero-order valence-corrected chi connectivity index (χ0v) is 15.3. The molecule has 1 N–H and O–H groups in total. The lowest BCUT2D eigenvalue weighted by atomic mass is 10.2. The Kier molecular flexibility index (Phi) is 7.21. The van der Waals surface area contributed by atoms with Crippen molar-refractivity contribution in [3.05, 3.63) is 63.4 Å². The molecule has 0 aliphatic rings. The lowest BCUT2D eigenvalue weighted by Crippen LogP contribution is -2.26. The Bertz CT molecular complexity index is 707. The highest BCUT2D eigenvalue weighted by atomic mass is 35.5. The van der Waals surface area contributed by atoms with Gasteiger partial charge in [-0.3, -0.25) is 4.79 Å². The number of amides is 1. The van der Waals surface area contributed by atoms with E-state index in [0.29, 0.717) is 45.0 Å². The predicted octanol–water partition coefficient (Wildman–Crippen LogP) is 4.80. The number of hydrogen-bond donors (Lipinski definition) is 1. The Hall–Kier alpha value is -1.43. The molecule has 1 amide bonds. The number of halogens is 3. The minimum Gasteiger partial charge on any atom is -0.496 e. The zero-order chi connectivity index (χ0) is 17.5. The van der Waals surface area contributed by atoms with Crippen molar-refractivity contribution in [2.75, 3.05) is 19.4 Å². The SMILES string of the molecule is COc1ccc(Cl)cc1C(=O)NCCSCc1c(F)cccc1Cl. The maximum Gasteiger partial charge on any atom is 0.255 e. The number of methoxy groups -OCH3 is 1. The molecule has 0 unspecified atom stereocenters. The smallest absolute Gasteiger partial charge is 0.255 e. The van der Waals surface area contributed by atoms with Crippen LogP contribution in [0.2, 0.25) is 10.0 Å². The Balaban J connectivity index is 1.82. The third kappa shape index (κ3) is 5.03. The summed E-state index contributed by atoms with van der Waals surface area (Å²) in [5, 5.41) is 3.67. The van der Waals surface area contributed by atoms with Crippen molar-refractivity contribution >= 4 is 40.9 Å². The van der Waals surface area contributed by atoms with Crippen molar-refractivity contribution in [2.45, 2.75) is 5.75 Å². The number of carbonyl (C=O) groups is 1. The molecule has 24 heavy (non-hydrogen) atoms. The van der Waals surface area contributed by atoms with Crippen LogP contribution < -0.4 is 10.1 Å². The Morgan fingerprint density at radius 3 is 2.79 bits per heavy atom. The van der Waals surface area contributed by atoms with Crippen molar-refractivity contribution in [3.63, 3.8) is 0 Å². The van der Waals surface area contributed by atoms with Gasteiger partial charge in [-0.2, -0.15) is 11.8 Å². The van der Waals surface area contributed by atoms with Crippen LogP contribution in [0, 0.1) is 5.82 Å². The van der Waals surface area contributed by atoms with E-state index in [0.717, 1.165) is 0 Å². The summed E-state index contributed by atoms with van der Waals surface area (Å²) in [4.78, 5) is 12.2. The minimum absolute atomic E-state index is 0.265. The molecule has 0 saturated heterocycles. The van der Waals surface area contributed by atoms with Gasteiger partial charge in [0.25, 0.3) is 5.91 Å². The van der Waals surface area contributed by atoms with Crippen LogP contribution in [0.3, 0.4) is 0 Å². The van der Waals surface area contributed by atoms with Gasteiger partial charge in [0.1, 0.15) is 11.6 Å². The van der Waals surface area contributed by atoms with Gasteiger partial charge >= 0.3 is 0 Å². The molecule has 0 heterocycles. The van der Waals surface area contributed by atoms with Crippen LogP contribution >= 0.6 is 35.0 Å². The van der Waals surface area contributed by atoms with E-state index in [1.165, 1.54) is 24.9 Å². The number of carbonyl (C=O) groups excluding carboxylic acids is 1. The van der Waals surface area contributed by atoms with Crippen LogP contribution in [0.1, 0.15) is 15.9 Å². The molecule has 2 rings (SSSR count). The van der Waals surface area contributed by atoms with Crippen molar-refractivity contribution in [2.24, 2.45) is 0 Å². The van der Waals surface area contributed by atoms with Crippen molar-refractivity contribution < 1.29 is 13.9 Å². The van der Waals surface area contributed by atoms with E-state index >= 15 is 0 Å². The minimum atomic E-state index is -0.317.